The number of piperidine rings is 1. The van der Waals surface area contributed by atoms with E-state index < -0.39 is 0 Å². The first-order chi connectivity index (χ1) is 13.5. The maximum absolute atomic E-state index is 13.0. The van der Waals surface area contributed by atoms with Crippen LogP contribution in [0.4, 0.5) is 11.5 Å². The van der Waals surface area contributed by atoms with Crippen molar-refractivity contribution in [2.45, 2.75) is 26.2 Å². The van der Waals surface area contributed by atoms with Gasteiger partial charge in [0.2, 0.25) is 0 Å². The molecule has 1 atom stereocenters. The number of nitrogens with zero attached hydrogens (tertiary/aromatic N) is 5. The second-order valence-electron chi connectivity index (χ2n) is 8.48. The molecule has 0 bridgehead atoms. The van der Waals surface area contributed by atoms with Crippen LogP contribution in [0.2, 0.25) is 0 Å². The SMILES string of the molecule is Cc1ccc(N2CCC[C@@]3(CCN(C(=O)c4ccc(N(C)C)cc4)C3)C2)nn1. The van der Waals surface area contributed by atoms with Crippen LogP contribution in [0, 0.1) is 12.3 Å². The van der Waals surface area contributed by atoms with E-state index in [9.17, 15) is 4.79 Å². The summed E-state index contributed by atoms with van der Waals surface area (Å²) < 4.78 is 0. The van der Waals surface area contributed by atoms with Gasteiger partial charge in [-0.1, -0.05) is 0 Å². The fourth-order valence-corrected chi connectivity index (χ4v) is 4.49. The van der Waals surface area contributed by atoms with Crippen molar-refractivity contribution in [1.29, 1.82) is 0 Å². The molecule has 0 radical (unpaired) electrons. The molecule has 0 unspecified atom stereocenters. The lowest BCUT2D eigenvalue weighted by molar-refractivity contribution is 0.0767. The van der Waals surface area contributed by atoms with E-state index in [0.717, 1.165) is 61.8 Å². The Labute approximate surface area is 167 Å². The molecule has 6 nitrogen and oxygen atoms in total. The summed E-state index contributed by atoms with van der Waals surface area (Å²) in [4.78, 5) is 19.4. The average Bonchev–Trinajstić information content (AvgIpc) is 3.11. The standard InChI is InChI=1S/C22H29N5O/c1-17-5-10-20(24-23-17)26-13-4-11-22(15-26)12-14-27(16-22)21(28)18-6-8-19(9-7-18)25(2)3/h5-10H,4,11-16H2,1-3H3/t22-/m1/s1. The quantitative estimate of drug-likeness (QED) is 0.821. The Hall–Kier alpha value is -2.63. The number of hydrogen-bond acceptors (Lipinski definition) is 5. The molecule has 2 saturated heterocycles. The Morgan fingerprint density at radius 2 is 1.79 bits per heavy atom. The van der Waals surface area contributed by atoms with Gasteiger partial charge in [0.25, 0.3) is 5.91 Å². The Morgan fingerprint density at radius 3 is 2.46 bits per heavy atom. The molecule has 6 heteroatoms. The molecule has 2 aliphatic rings. The average molecular weight is 380 g/mol. The van der Waals surface area contributed by atoms with Crippen LogP contribution in [0.1, 0.15) is 35.3 Å². The summed E-state index contributed by atoms with van der Waals surface area (Å²) in [6, 6.07) is 12.0. The summed E-state index contributed by atoms with van der Waals surface area (Å²) in [5.41, 5.74) is 2.99. The molecule has 0 N–H and O–H groups in total. The van der Waals surface area contributed by atoms with Crippen molar-refractivity contribution < 1.29 is 4.79 Å². The van der Waals surface area contributed by atoms with Crippen LogP contribution in [-0.2, 0) is 0 Å². The smallest absolute Gasteiger partial charge is 0.253 e. The minimum Gasteiger partial charge on any atom is -0.378 e. The van der Waals surface area contributed by atoms with Crippen molar-refractivity contribution in [3.05, 3.63) is 47.7 Å². The van der Waals surface area contributed by atoms with Gasteiger partial charge in [-0.3, -0.25) is 4.79 Å². The van der Waals surface area contributed by atoms with Gasteiger partial charge < -0.3 is 14.7 Å². The fraction of sp³-hybridized carbons (Fsp3) is 0.500. The Bertz CT molecular complexity index is 833. The maximum Gasteiger partial charge on any atom is 0.253 e. The predicted molar refractivity (Wildman–Crippen MR) is 112 cm³/mol. The van der Waals surface area contributed by atoms with Crippen molar-refractivity contribution in [3.63, 3.8) is 0 Å². The molecule has 28 heavy (non-hydrogen) atoms. The molecule has 2 aromatic rings. The van der Waals surface area contributed by atoms with Crippen LogP contribution in [0.25, 0.3) is 0 Å². The molecule has 1 spiro atoms. The van der Waals surface area contributed by atoms with Gasteiger partial charge in [-0.05, 0) is 62.6 Å². The van der Waals surface area contributed by atoms with Gasteiger partial charge in [-0.25, -0.2) is 0 Å². The zero-order valence-corrected chi connectivity index (χ0v) is 17.1. The largest absolute Gasteiger partial charge is 0.378 e. The van der Waals surface area contributed by atoms with E-state index in [1.165, 1.54) is 6.42 Å². The number of benzene rings is 1. The monoisotopic (exact) mass is 379 g/mol. The number of hydrogen-bond donors (Lipinski definition) is 0. The lowest BCUT2D eigenvalue weighted by Crippen LogP contribution is -2.45. The van der Waals surface area contributed by atoms with Gasteiger partial charge in [0.15, 0.2) is 5.82 Å². The summed E-state index contributed by atoms with van der Waals surface area (Å²) in [5.74, 6) is 1.10. The number of carbonyl (C=O) groups is 1. The van der Waals surface area contributed by atoms with E-state index >= 15 is 0 Å². The molecule has 1 aromatic carbocycles. The van der Waals surface area contributed by atoms with E-state index in [4.69, 9.17) is 0 Å². The van der Waals surface area contributed by atoms with Crippen LogP contribution in [0.3, 0.4) is 0 Å². The molecular weight excluding hydrogens is 350 g/mol. The second kappa shape index (κ2) is 7.41. The maximum atomic E-state index is 13.0. The lowest BCUT2D eigenvalue weighted by Gasteiger charge is -2.40. The van der Waals surface area contributed by atoms with Crippen molar-refractivity contribution in [2.24, 2.45) is 5.41 Å². The van der Waals surface area contributed by atoms with Crippen molar-refractivity contribution >= 4 is 17.4 Å². The van der Waals surface area contributed by atoms with E-state index in [-0.39, 0.29) is 11.3 Å². The van der Waals surface area contributed by atoms with Crippen molar-refractivity contribution in [1.82, 2.24) is 15.1 Å². The van der Waals surface area contributed by atoms with Crippen molar-refractivity contribution in [2.75, 3.05) is 50.1 Å². The molecule has 0 saturated carbocycles. The highest BCUT2D eigenvalue weighted by Gasteiger charge is 2.43. The highest BCUT2D eigenvalue weighted by Crippen LogP contribution is 2.40. The van der Waals surface area contributed by atoms with E-state index in [2.05, 4.69) is 21.2 Å². The third-order valence-electron chi connectivity index (χ3n) is 6.13. The second-order valence-corrected chi connectivity index (χ2v) is 8.48. The molecule has 2 aliphatic heterocycles. The molecule has 3 heterocycles. The first-order valence-electron chi connectivity index (χ1n) is 10.1. The van der Waals surface area contributed by atoms with E-state index in [0.29, 0.717) is 0 Å². The molecular formula is C22H29N5O. The highest BCUT2D eigenvalue weighted by atomic mass is 16.2. The molecule has 1 aromatic heterocycles. The first-order valence-corrected chi connectivity index (χ1v) is 10.1. The summed E-state index contributed by atoms with van der Waals surface area (Å²) in [5, 5.41) is 8.58. The number of carbonyl (C=O) groups excluding carboxylic acids is 1. The Kier molecular flexibility index (Phi) is 4.96. The summed E-state index contributed by atoms with van der Waals surface area (Å²) in [7, 11) is 4.02. The molecule has 0 aliphatic carbocycles. The molecule has 1 amide bonds. The van der Waals surface area contributed by atoms with Crippen LogP contribution in [0.15, 0.2) is 36.4 Å². The number of aryl methyl sites for hydroxylation is 1. The normalized spacial score (nSPS) is 22.0. The number of likely N-dealkylation sites (tertiary alicyclic amines) is 1. The zero-order chi connectivity index (χ0) is 19.7. The Morgan fingerprint density at radius 1 is 1.00 bits per heavy atom. The lowest BCUT2D eigenvalue weighted by atomic mass is 9.79. The predicted octanol–water partition coefficient (Wildman–Crippen LogP) is 2.98. The molecule has 148 valence electrons. The first kappa shape index (κ1) is 18.7. The van der Waals surface area contributed by atoms with Gasteiger partial charge in [-0.15, -0.1) is 5.10 Å². The van der Waals surface area contributed by atoms with E-state index in [1.807, 2.05) is 61.2 Å². The minimum absolute atomic E-state index is 0.148. The zero-order valence-electron chi connectivity index (χ0n) is 17.1. The number of anilines is 2. The Balaban J connectivity index is 1.44. The third kappa shape index (κ3) is 3.68. The number of rotatable bonds is 3. The van der Waals surface area contributed by atoms with E-state index in [1.54, 1.807) is 0 Å². The van der Waals surface area contributed by atoms with Gasteiger partial charge in [0, 0.05) is 56.9 Å². The van der Waals surface area contributed by atoms with Gasteiger partial charge >= 0.3 is 0 Å². The van der Waals surface area contributed by atoms with Crippen LogP contribution in [0.5, 0.6) is 0 Å². The van der Waals surface area contributed by atoms with Crippen LogP contribution in [-0.4, -0.2) is 61.3 Å². The molecule has 4 rings (SSSR count). The highest BCUT2D eigenvalue weighted by molar-refractivity contribution is 5.94. The minimum atomic E-state index is 0.148. The van der Waals surface area contributed by atoms with Crippen LogP contribution >= 0.6 is 0 Å². The van der Waals surface area contributed by atoms with Crippen LogP contribution < -0.4 is 9.80 Å². The number of amides is 1. The topological polar surface area (TPSA) is 52.6 Å². The van der Waals surface area contributed by atoms with Gasteiger partial charge in [0.1, 0.15) is 0 Å². The van der Waals surface area contributed by atoms with Gasteiger partial charge in [-0.2, -0.15) is 5.10 Å². The molecule has 2 fully saturated rings. The third-order valence-corrected chi connectivity index (χ3v) is 6.13. The summed E-state index contributed by atoms with van der Waals surface area (Å²) in [6.07, 6.45) is 3.37. The van der Waals surface area contributed by atoms with Gasteiger partial charge in [0.05, 0.1) is 5.69 Å². The fourth-order valence-electron chi connectivity index (χ4n) is 4.49. The summed E-state index contributed by atoms with van der Waals surface area (Å²) >= 11 is 0. The van der Waals surface area contributed by atoms with Crippen molar-refractivity contribution in [3.8, 4) is 0 Å². The number of aromatic nitrogens is 2. The summed E-state index contributed by atoms with van der Waals surface area (Å²) in [6.45, 7) is 5.59.